The fraction of sp³-hybridized carbons (Fsp3) is 0.158. The molecule has 1 unspecified atom stereocenters. The molecule has 0 aliphatic heterocycles. The van der Waals surface area contributed by atoms with Crippen molar-refractivity contribution in [2.75, 3.05) is 6.61 Å². The highest BCUT2D eigenvalue weighted by Crippen LogP contribution is 2.22. The smallest absolute Gasteiger partial charge is 0.251 e. The third-order valence-electron chi connectivity index (χ3n) is 3.72. The van der Waals surface area contributed by atoms with E-state index in [0.29, 0.717) is 5.56 Å². The van der Waals surface area contributed by atoms with Crippen LogP contribution in [0, 0.1) is 0 Å². The van der Waals surface area contributed by atoms with Crippen molar-refractivity contribution >= 4 is 5.91 Å². The molecule has 3 aromatic rings. The molecule has 3 rings (SSSR count). The van der Waals surface area contributed by atoms with Gasteiger partial charge in [-0.2, -0.15) is 5.10 Å². The van der Waals surface area contributed by atoms with Crippen LogP contribution in [0.2, 0.25) is 0 Å². The molecule has 0 saturated carbocycles. The summed E-state index contributed by atoms with van der Waals surface area (Å²) in [5.74, 6) is -0.216. The number of aromatic nitrogens is 2. The van der Waals surface area contributed by atoms with Gasteiger partial charge in [0.05, 0.1) is 24.2 Å². The van der Waals surface area contributed by atoms with E-state index in [1.807, 2.05) is 53.2 Å². The lowest BCUT2D eigenvalue weighted by Crippen LogP contribution is -2.35. The van der Waals surface area contributed by atoms with Crippen LogP contribution in [-0.2, 0) is 0 Å². The van der Waals surface area contributed by atoms with Crippen molar-refractivity contribution < 1.29 is 9.90 Å². The molecule has 122 valence electrons. The summed E-state index contributed by atoms with van der Waals surface area (Å²) in [4.78, 5) is 12.2. The fourth-order valence-electron chi connectivity index (χ4n) is 2.47. The molecule has 1 aromatic heterocycles. The van der Waals surface area contributed by atoms with E-state index in [1.54, 1.807) is 25.3 Å². The molecule has 0 saturated heterocycles. The molecule has 0 fully saturated rings. The monoisotopic (exact) mass is 321 g/mol. The number of rotatable bonds is 5. The molecule has 0 aliphatic carbocycles. The second-order valence-corrected chi connectivity index (χ2v) is 5.60. The molecule has 1 heterocycles. The maximum absolute atomic E-state index is 12.2. The summed E-state index contributed by atoms with van der Waals surface area (Å²) in [6.45, 7) is 1.66. The summed E-state index contributed by atoms with van der Waals surface area (Å²) in [5.41, 5.74) is 3.35. The van der Waals surface area contributed by atoms with E-state index in [4.69, 9.17) is 5.11 Å². The minimum absolute atomic E-state index is 0.0945. The van der Waals surface area contributed by atoms with E-state index in [-0.39, 0.29) is 18.6 Å². The summed E-state index contributed by atoms with van der Waals surface area (Å²) < 4.78 is 1.81. The minimum atomic E-state index is -0.286. The van der Waals surface area contributed by atoms with Crippen LogP contribution in [0.1, 0.15) is 17.3 Å². The van der Waals surface area contributed by atoms with Gasteiger partial charge < -0.3 is 10.4 Å². The van der Waals surface area contributed by atoms with Crippen LogP contribution < -0.4 is 5.32 Å². The van der Waals surface area contributed by atoms with Crippen molar-refractivity contribution in [3.8, 4) is 16.9 Å². The predicted octanol–water partition coefficient (Wildman–Crippen LogP) is 2.65. The van der Waals surface area contributed by atoms with Crippen molar-refractivity contribution in [1.82, 2.24) is 15.1 Å². The van der Waals surface area contributed by atoms with E-state index in [1.165, 1.54) is 0 Å². The van der Waals surface area contributed by atoms with Gasteiger partial charge in [-0.25, -0.2) is 4.68 Å². The first-order valence-corrected chi connectivity index (χ1v) is 7.80. The first-order valence-electron chi connectivity index (χ1n) is 7.80. The van der Waals surface area contributed by atoms with Gasteiger partial charge in [-0.1, -0.05) is 36.4 Å². The van der Waals surface area contributed by atoms with Gasteiger partial charge in [0.15, 0.2) is 0 Å². The van der Waals surface area contributed by atoms with Crippen LogP contribution >= 0.6 is 0 Å². The number of aliphatic hydroxyl groups excluding tert-OH is 1. The van der Waals surface area contributed by atoms with Crippen LogP contribution in [0.25, 0.3) is 16.9 Å². The van der Waals surface area contributed by atoms with Crippen LogP contribution in [0.15, 0.2) is 66.9 Å². The van der Waals surface area contributed by atoms with Gasteiger partial charge in [-0.05, 0) is 31.2 Å². The fourth-order valence-corrected chi connectivity index (χ4v) is 2.47. The first kappa shape index (κ1) is 16.0. The predicted molar refractivity (Wildman–Crippen MR) is 93.0 cm³/mol. The number of aliphatic hydroxyl groups is 1. The SMILES string of the molecule is CC(CO)NC(=O)c1cccc(-n2nccc2-c2ccccc2)c1. The third-order valence-corrected chi connectivity index (χ3v) is 3.72. The molecule has 0 aliphatic rings. The molecular weight excluding hydrogens is 302 g/mol. The molecule has 2 aromatic carbocycles. The maximum atomic E-state index is 12.2. The van der Waals surface area contributed by atoms with Crippen LogP contribution in [0.4, 0.5) is 0 Å². The molecule has 5 heteroatoms. The van der Waals surface area contributed by atoms with Gasteiger partial charge in [0.2, 0.25) is 0 Å². The normalized spacial score (nSPS) is 11.9. The molecule has 1 atom stereocenters. The zero-order valence-corrected chi connectivity index (χ0v) is 13.4. The summed E-state index contributed by atoms with van der Waals surface area (Å²) in [7, 11) is 0. The lowest BCUT2D eigenvalue weighted by Gasteiger charge is -2.12. The molecular formula is C19H19N3O2. The number of carbonyl (C=O) groups excluding carboxylic acids is 1. The zero-order chi connectivity index (χ0) is 16.9. The van der Waals surface area contributed by atoms with Gasteiger partial charge in [-0.3, -0.25) is 4.79 Å². The van der Waals surface area contributed by atoms with Crippen LogP contribution in [-0.4, -0.2) is 33.4 Å². The van der Waals surface area contributed by atoms with Crippen molar-refractivity contribution in [2.45, 2.75) is 13.0 Å². The van der Waals surface area contributed by atoms with Gasteiger partial charge in [0.25, 0.3) is 5.91 Å². The van der Waals surface area contributed by atoms with Crippen molar-refractivity contribution in [3.05, 3.63) is 72.4 Å². The number of hydrogen-bond acceptors (Lipinski definition) is 3. The molecule has 5 nitrogen and oxygen atoms in total. The number of nitrogens with zero attached hydrogens (tertiary/aromatic N) is 2. The second-order valence-electron chi connectivity index (χ2n) is 5.60. The van der Waals surface area contributed by atoms with E-state index in [2.05, 4.69) is 10.4 Å². The van der Waals surface area contributed by atoms with Gasteiger partial charge in [0.1, 0.15) is 0 Å². The number of nitrogens with one attached hydrogen (secondary N) is 1. The number of carbonyl (C=O) groups is 1. The lowest BCUT2D eigenvalue weighted by molar-refractivity contribution is 0.0922. The highest BCUT2D eigenvalue weighted by molar-refractivity contribution is 5.95. The molecule has 0 radical (unpaired) electrons. The van der Waals surface area contributed by atoms with Crippen LogP contribution in [0.3, 0.4) is 0 Å². The highest BCUT2D eigenvalue weighted by Gasteiger charge is 2.12. The van der Waals surface area contributed by atoms with Gasteiger partial charge >= 0.3 is 0 Å². The van der Waals surface area contributed by atoms with Crippen LogP contribution in [0.5, 0.6) is 0 Å². The molecule has 24 heavy (non-hydrogen) atoms. The Morgan fingerprint density at radius 3 is 2.71 bits per heavy atom. The van der Waals surface area contributed by atoms with Crippen molar-refractivity contribution in [2.24, 2.45) is 0 Å². The Morgan fingerprint density at radius 2 is 1.96 bits per heavy atom. The minimum Gasteiger partial charge on any atom is -0.394 e. The Kier molecular flexibility index (Phi) is 4.72. The average molecular weight is 321 g/mol. The lowest BCUT2D eigenvalue weighted by atomic mass is 10.1. The van der Waals surface area contributed by atoms with E-state index >= 15 is 0 Å². The summed E-state index contributed by atoms with van der Waals surface area (Å²) in [5, 5.41) is 16.2. The molecule has 0 spiro atoms. The Balaban J connectivity index is 1.93. The first-order chi connectivity index (χ1) is 11.7. The van der Waals surface area contributed by atoms with Gasteiger partial charge in [0, 0.05) is 17.2 Å². The topological polar surface area (TPSA) is 67.2 Å². The van der Waals surface area contributed by atoms with Gasteiger partial charge in [-0.15, -0.1) is 0 Å². The largest absolute Gasteiger partial charge is 0.394 e. The molecule has 1 amide bonds. The van der Waals surface area contributed by atoms with E-state index in [0.717, 1.165) is 16.9 Å². The molecule has 2 N–H and O–H groups in total. The highest BCUT2D eigenvalue weighted by atomic mass is 16.3. The summed E-state index contributed by atoms with van der Waals surface area (Å²) in [6.07, 6.45) is 1.74. The number of benzene rings is 2. The summed E-state index contributed by atoms with van der Waals surface area (Å²) >= 11 is 0. The Labute approximate surface area is 140 Å². The third kappa shape index (κ3) is 3.36. The number of hydrogen-bond donors (Lipinski definition) is 2. The second kappa shape index (κ2) is 7.10. The molecule has 0 bridgehead atoms. The van der Waals surface area contributed by atoms with E-state index < -0.39 is 0 Å². The van der Waals surface area contributed by atoms with E-state index in [9.17, 15) is 4.79 Å². The standard InChI is InChI=1S/C19H19N3O2/c1-14(13-23)21-19(24)16-8-5-9-17(12-16)22-18(10-11-20-22)15-6-3-2-4-7-15/h2-12,14,23H,13H2,1H3,(H,21,24). The zero-order valence-electron chi connectivity index (χ0n) is 13.4. The maximum Gasteiger partial charge on any atom is 0.251 e. The number of amides is 1. The Bertz CT molecular complexity index is 827. The Hall–Kier alpha value is -2.92. The van der Waals surface area contributed by atoms with Crippen molar-refractivity contribution in [3.63, 3.8) is 0 Å². The quantitative estimate of drug-likeness (QED) is 0.759. The summed E-state index contributed by atoms with van der Waals surface area (Å²) in [6, 6.07) is 18.9. The van der Waals surface area contributed by atoms with Crippen molar-refractivity contribution in [1.29, 1.82) is 0 Å². The Morgan fingerprint density at radius 1 is 1.17 bits per heavy atom. The average Bonchev–Trinajstić information content (AvgIpc) is 3.12.